The highest BCUT2D eigenvalue weighted by Crippen LogP contribution is 2.30. The third kappa shape index (κ3) is 4.61. The van der Waals surface area contributed by atoms with Crippen molar-refractivity contribution in [3.05, 3.63) is 23.8 Å². The Hall–Kier alpha value is -1.27. The first-order valence-electron chi connectivity index (χ1n) is 8.19. The summed E-state index contributed by atoms with van der Waals surface area (Å²) in [5.74, 6) is 2.25. The van der Waals surface area contributed by atoms with Crippen molar-refractivity contribution in [3.63, 3.8) is 0 Å². The second kappa shape index (κ2) is 8.02. The van der Waals surface area contributed by atoms with E-state index in [1.165, 1.54) is 5.56 Å². The van der Waals surface area contributed by atoms with E-state index >= 15 is 0 Å². The molecule has 1 heterocycles. The van der Waals surface area contributed by atoms with Gasteiger partial charge in [0.25, 0.3) is 0 Å². The molecule has 0 atom stereocenters. The van der Waals surface area contributed by atoms with E-state index in [1.807, 2.05) is 19.1 Å². The Morgan fingerprint density at radius 1 is 1.13 bits per heavy atom. The van der Waals surface area contributed by atoms with Crippen LogP contribution in [0.5, 0.6) is 11.5 Å². The van der Waals surface area contributed by atoms with Crippen molar-refractivity contribution in [1.82, 2.24) is 4.31 Å². The summed E-state index contributed by atoms with van der Waals surface area (Å²) in [6.07, 6.45) is 3.45. The molecule has 23 heavy (non-hydrogen) atoms. The SMILES string of the molecule is CCCS(=O)(=O)N1CCC(Cc2ccc(OC)c(OC)c2)CC1. The number of hydrogen-bond acceptors (Lipinski definition) is 4. The van der Waals surface area contributed by atoms with Gasteiger partial charge in [-0.15, -0.1) is 0 Å². The van der Waals surface area contributed by atoms with Crippen LogP contribution < -0.4 is 9.47 Å². The average Bonchev–Trinajstić information content (AvgIpc) is 2.55. The van der Waals surface area contributed by atoms with Gasteiger partial charge in [0.1, 0.15) is 0 Å². The van der Waals surface area contributed by atoms with Crippen LogP contribution in [-0.4, -0.2) is 45.8 Å². The van der Waals surface area contributed by atoms with Crippen LogP contribution in [0.2, 0.25) is 0 Å². The third-order valence-electron chi connectivity index (χ3n) is 4.40. The summed E-state index contributed by atoms with van der Waals surface area (Å²) < 4.78 is 36.5. The molecule has 1 fully saturated rings. The summed E-state index contributed by atoms with van der Waals surface area (Å²) >= 11 is 0. The average molecular weight is 341 g/mol. The van der Waals surface area contributed by atoms with E-state index in [0.29, 0.717) is 25.4 Å². The summed E-state index contributed by atoms with van der Waals surface area (Å²) in [7, 11) is 0.214. The van der Waals surface area contributed by atoms with E-state index < -0.39 is 10.0 Å². The molecule has 0 amide bonds. The van der Waals surface area contributed by atoms with Crippen LogP contribution >= 0.6 is 0 Å². The topological polar surface area (TPSA) is 55.8 Å². The Labute approximate surface area is 139 Å². The number of sulfonamides is 1. The van der Waals surface area contributed by atoms with Crippen molar-refractivity contribution in [1.29, 1.82) is 0 Å². The molecular formula is C17H27NO4S. The minimum atomic E-state index is -3.05. The number of benzene rings is 1. The first kappa shape index (κ1) is 18.1. The van der Waals surface area contributed by atoms with Crippen LogP contribution in [0.1, 0.15) is 31.7 Å². The zero-order valence-electron chi connectivity index (χ0n) is 14.2. The summed E-state index contributed by atoms with van der Waals surface area (Å²) in [6.45, 7) is 3.18. The van der Waals surface area contributed by atoms with E-state index in [4.69, 9.17) is 9.47 Å². The van der Waals surface area contributed by atoms with Gasteiger partial charge in [-0.25, -0.2) is 12.7 Å². The summed E-state index contributed by atoms with van der Waals surface area (Å²) in [4.78, 5) is 0. The van der Waals surface area contributed by atoms with Crippen LogP contribution in [0.4, 0.5) is 0 Å². The van der Waals surface area contributed by atoms with Crippen molar-refractivity contribution in [2.24, 2.45) is 5.92 Å². The molecule has 0 N–H and O–H groups in total. The molecule has 130 valence electrons. The summed E-state index contributed by atoms with van der Waals surface area (Å²) in [5.41, 5.74) is 1.21. The Morgan fingerprint density at radius 3 is 2.35 bits per heavy atom. The maximum Gasteiger partial charge on any atom is 0.214 e. The molecule has 0 unspecified atom stereocenters. The van der Waals surface area contributed by atoms with E-state index in [0.717, 1.165) is 30.8 Å². The van der Waals surface area contributed by atoms with Gasteiger partial charge in [-0.3, -0.25) is 0 Å². The molecule has 0 radical (unpaired) electrons. The van der Waals surface area contributed by atoms with Crippen molar-refractivity contribution in [3.8, 4) is 11.5 Å². The number of ether oxygens (including phenoxy) is 2. The van der Waals surface area contributed by atoms with Crippen molar-refractivity contribution in [2.45, 2.75) is 32.6 Å². The lowest BCUT2D eigenvalue weighted by Gasteiger charge is -2.31. The highest BCUT2D eigenvalue weighted by Gasteiger charge is 2.27. The van der Waals surface area contributed by atoms with E-state index in [9.17, 15) is 8.42 Å². The van der Waals surface area contributed by atoms with E-state index in [2.05, 4.69) is 6.07 Å². The molecule has 0 saturated carbocycles. The molecule has 0 spiro atoms. The highest BCUT2D eigenvalue weighted by molar-refractivity contribution is 7.89. The molecule has 0 aliphatic carbocycles. The quantitative estimate of drug-likeness (QED) is 0.765. The van der Waals surface area contributed by atoms with Gasteiger partial charge in [0.05, 0.1) is 20.0 Å². The second-order valence-electron chi connectivity index (χ2n) is 6.05. The van der Waals surface area contributed by atoms with Gasteiger partial charge in [-0.05, 0) is 49.3 Å². The lowest BCUT2D eigenvalue weighted by atomic mass is 9.91. The largest absolute Gasteiger partial charge is 0.493 e. The van der Waals surface area contributed by atoms with Gasteiger partial charge >= 0.3 is 0 Å². The Morgan fingerprint density at radius 2 is 1.78 bits per heavy atom. The number of rotatable bonds is 7. The molecule has 0 bridgehead atoms. The summed E-state index contributed by atoms with van der Waals surface area (Å²) in [6, 6.07) is 6.00. The highest BCUT2D eigenvalue weighted by atomic mass is 32.2. The Balaban J connectivity index is 1.94. The predicted octanol–water partition coefficient (Wildman–Crippen LogP) is 2.70. The molecule has 5 nitrogen and oxygen atoms in total. The van der Waals surface area contributed by atoms with Gasteiger partial charge in [-0.1, -0.05) is 13.0 Å². The van der Waals surface area contributed by atoms with Gasteiger partial charge in [-0.2, -0.15) is 0 Å². The Bertz CT molecular complexity index is 607. The Kier molecular flexibility index (Phi) is 6.30. The number of methoxy groups -OCH3 is 2. The fraction of sp³-hybridized carbons (Fsp3) is 0.647. The van der Waals surface area contributed by atoms with E-state index in [-0.39, 0.29) is 5.75 Å². The maximum atomic E-state index is 12.1. The van der Waals surface area contributed by atoms with Crippen LogP contribution in [0.15, 0.2) is 18.2 Å². The smallest absolute Gasteiger partial charge is 0.214 e. The number of hydrogen-bond donors (Lipinski definition) is 0. The van der Waals surface area contributed by atoms with E-state index in [1.54, 1.807) is 18.5 Å². The zero-order valence-corrected chi connectivity index (χ0v) is 15.1. The first-order valence-corrected chi connectivity index (χ1v) is 9.79. The van der Waals surface area contributed by atoms with Gasteiger partial charge in [0.2, 0.25) is 10.0 Å². The normalized spacial score (nSPS) is 17.2. The van der Waals surface area contributed by atoms with Crippen molar-refractivity contribution >= 4 is 10.0 Å². The summed E-state index contributed by atoms with van der Waals surface area (Å²) in [5, 5.41) is 0. The monoisotopic (exact) mass is 341 g/mol. The number of nitrogens with zero attached hydrogens (tertiary/aromatic N) is 1. The molecular weight excluding hydrogens is 314 g/mol. The van der Waals surface area contributed by atoms with Crippen molar-refractivity contribution < 1.29 is 17.9 Å². The minimum Gasteiger partial charge on any atom is -0.493 e. The van der Waals surface area contributed by atoms with Crippen LogP contribution in [-0.2, 0) is 16.4 Å². The van der Waals surface area contributed by atoms with Gasteiger partial charge < -0.3 is 9.47 Å². The molecule has 1 aliphatic heterocycles. The lowest BCUT2D eigenvalue weighted by molar-refractivity contribution is 0.272. The molecule has 1 saturated heterocycles. The van der Waals surface area contributed by atoms with Crippen molar-refractivity contribution in [2.75, 3.05) is 33.1 Å². The van der Waals surface area contributed by atoms with Crippen LogP contribution in [0.3, 0.4) is 0 Å². The molecule has 2 rings (SSSR count). The molecule has 6 heteroatoms. The van der Waals surface area contributed by atoms with Crippen LogP contribution in [0.25, 0.3) is 0 Å². The van der Waals surface area contributed by atoms with Gasteiger partial charge in [0, 0.05) is 13.1 Å². The second-order valence-corrected chi connectivity index (χ2v) is 8.14. The standard InChI is InChI=1S/C17H27NO4S/c1-4-11-23(19,20)18-9-7-14(8-10-18)12-15-5-6-16(21-2)17(13-15)22-3/h5-6,13-14H,4,7-12H2,1-3H3. The van der Waals surface area contributed by atoms with Crippen LogP contribution in [0, 0.1) is 5.92 Å². The molecule has 1 aromatic rings. The fourth-order valence-corrected chi connectivity index (χ4v) is 4.66. The predicted molar refractivity (Wildman–Crippen MR) is 91.6 cm³/mol. The lowest BCUT2D eigenvalue weighted by Crippen LogP contribution is -2.40. The maximum absolute atomic E-state index is 12.1. The van der Waals surface area contributed by atoms with Gasteiger partial charge in [0.15, 0.2) is 11.5 Å². The molecule has 1 aromatic carbocycles. The minimum absolute atomic E-state index is 0.257. The third-order valence-corrected chi connectivity index (χ3v) is 6.48. The fourth-order valence-electron chi connectivity index (χ4n) is 3.12. The molecule has 1 aliphatic rings. The first-order chi connectivity index (χ1) is 11.0. The molecule has 0 aromatic heterocycles. The number of piperidine rings is 1. The zero-order chi connectivity index (χ0) is 16.9.